The van der Waals surface area contributed by atoms with Crippen molar-refractivity contribution in [2.24, 2.45) is 0 Å². The van der Waals surface area contributed by atoms with Gasteiger partial charge in [0.25, 0.3) is 5.91 Å². The van der Waals surface area contributed by atoms with Gasteiger partial charge in [-0.05, 0) is 48.4 Å². The van der Waals surface area contributed by atoms with Crippen LogP contribution in [0.1, 0.15) is 18.1 Å². The van der Waals surface area contributed by atoms with Gasteiger partial charge in [-0.15, -0.1) is 0 Å². The molecule has 7 nitrogen and oxygen atoms in total. The normalized spacial score (nSPS) is 14.2. The summed E-state index contributed by atoms with van der Waals surface area (Å²) >= 11 is 0. The van der Waals surface area contributed by atoms with E-state index in [0.717, 1.165) is 16.8 Å². The number of ether oxygens (including phenoxy) is 2. The van der Waals surface area contributed by atoms with Gasteiger partial charge in [0.05, 0.1) is 12.8 Å². The molecule has 4 rings (SSSR count). The van der Waals surface area contributed by atoms with Gasteiger partial charge < -0.3 is 19.7 Å². The molecule has 0 aliphatic carbocycles. The summed E-state index contributed by atoms with van der Waals surface area (Å²) in [5.41, 5.74) is 3.36. The molecule has 182 valence electrons. The van der Waals surface area contributed by atoms with E-state index in [2.05, 4.69) is 5.32 Å². The highest BCUT2D eigenvalue weighted by Gasteiger charge is 2.38. The molecule has 0 radical (unpaired) electrons. The molecule has 1 heterocycles. The lowest BCUT2D eigenvalue weighted by atomic mass is 10.1. The fraction of sp³-hybridized carbons (Fsp3) is 0.138. The summed E-state index contributed by atoms with van der Waals surface area (Å²) in [7, 11) is 1.26. The first-order chi connectivity index (χ1) is 17.5. The second kappa shape index (κ2) is 11.2. The molecule has 1 N–H and O–H groups in total. The number of para-hydroxylation sites is 1. The number of allylic oxidation sites excluding steroid dienone is 2. The quantitative estimate of drug-likeness (QED) is 0.293. The predicted octanol–water partition coefficient (Wildman–Crippen LogP) is 4.26. The lowest BCUT2D eigenvalue weighted by Gasteiger charge is -2.21. The molecular formula is C29H26N2O5. The Balaban J connectivity index is 1.46. The van der Waals surface area contributed by atoms with Gasteiger partial charge in [-0.25, -0.2) is 4.79 Å². The molecular weight excluding hydrogens is 456 g/mol. The van der Waals surface area contributed by atoms with Gasteiger partial charge in [0.1, 0.15) is 11.3 Å². The average Bonchev–Trinajstić information content (AvgIpc) is 3.16. The van der Waals surface area contributed by atoms with Crippen LogP contribution in [-0.2, 0) is 25.7 Å². The van der Waals surface area contributed by atoms with Crippen molar-refractivity contribution in [1.82, 2.24) is 5.32 Å². The highest BCUT2D eigenvalue weighted by atomic mass is 16.5. The number of anilines is 1. The zero-order valence-electron chi connectivity index (χ0n) is 20.1. The van der Waals surface area contributed by atoms with Crippen LogP contribution in [-0.4, -0.2) is 31.4 Å². The second-order valence-electron chi connectivity index (χ2n) is 8.10. The Morgan fingerprint density at radius 2 is 1.56 bits per heavy atom. The average molecular weight is 483 g/mol. The zero-order valence-corrected chi connectivity index (χ0v) is 20.1. The van der Waals surface area contributed by atoms with Crippen LogP contribution in [0.3, 0.4) is 0 Å². The smallest absolute Gasteiger partial charge is 0.343 e. The highest BCUT2D eigenvalue weighted by Crippen LogP contribution is 2.35. The Hall–Kier alpha value is -4.65. The third kappa shape index (κ3) is 5.52. The monoisotopic (exact) mass is 482 g/mol. The van der Waals surface area contributed by atoms with E-state index in [0.29, 0.717) is 23.7 Å². The number of nitrogens with zero attached hydrogens (tertiary/aromatic N) is 1. The minimum absolute atomic E-state index is 0.00840. The van der Waals surface area contributed by atoms with Gasteiger partial charge in [0.15, 0.2) is 6.61 Å². The van der Waals surface area contributed by atoms with E-state index in [-0.39, 0.29) is 18.1 Å². The molecule has 1 aliphatic rings. The molecule has 7 heteroatoms. The van der Waals surface area contributed by atoms with E-state index in [1.807, 2.05) is 60.7 Å². The highest BCUT2D eigenvalue weighted by molar-refractivity contribution is 6.30. The number of benzene rings is 3. The van der Waals surface area contributed by atoms with Gasteiger partial charge in [-0.2, -0.15) is 0 Å². The summed E-state index contributed by atoms with van der Waals surface area (Å²) in [4.78, 5) is 39.3. The number of carbonyl (C=O) groups excluding carboxylic acids is 3. The van der Waals surface area contributed by atoms with Crippen molar-refractivity contribution in [3.8, 4) is 5.75 Å². The molecule has 0 saturated heterocycles. The van der Waals surface area contributed by atoms with Crippen molar-refractivity contribution >= 4 is 29.4 Å². The van der Waals surface area contributed by atoms with Crippen molar-refractivity contribution in [1.29, 1.82) is 0 Å². The molecule has 3 aromatic rings. The van der Waals surface area contributed by atoms with Crippen molar-refractivity contribution in [2.45, 2.75) is 13.5 Å². The third-order valence-electron chi connectivity index (χ3n) is 5.69. The van der Waals surface area contributed by atoms with Gasteiger partial charge in [-0.3, -0.25) is 9.59 Å². The summed E-state index contributed by atoms with van der Waals surface area (Å²) in [5.74, 6) is -0.777. The van der Waals surface area contributed by atoms with E-state index in [1.54, 1.807) is 42.2 Å². The van der Waals surface area contributed by atoms with Crippen LogP contribution in [0.5, 0.6) is 5.75 Å². The van der Waals surface area contributed by atoms with Crippen LogP contribution >= 0.6 is 0 Å². The molecule has 1 aliphatic heterocycles. The molecule has 0 bridgehead atoms. The maximum Gasteiger partial charge on any atom is 0.343 e. The molecule has 3 aromatic carbocycles. The van der Waals surface area contributed by atoms with Crippen molar-refractivity contribution in [2.75, 3.05) is 18.6 Å². The Morgan fingerprint density at radius 1 is 0.917 bits per heavy atom. The van der Waals surface area contributed by atoms with Crippen LogP contribution in [0, 0.1) is 0 Å². The third-order valence-corrected chi connectivity index (χ3v) is 5.69. The van der Waals surface area contributed by atoms with Crippen LogP contribution in [0.25, 0.3) is 6.08 Å². The Labute approximate surface area is 209 Å². The van der Waals surface area contributed by atoms with Gasteiger partial charge >= 0.3 is 5.97 Å². The molecule has 0 saturated carbocycles. The number of rotatable bonds is 8. The molecule has 0 unspecified atom stereocenters. The van der Waals surface area contributed by atoms with Crippen LogP contribution in [0.2, 0.25) is 0 Å². The molecule has 0 spiro atoms. The van der Waals surface area contributed by atoms with Gasteiger partial charge in [0.2, 0.25) is 5.78 Å². The van der Waals surface area contributed by atoms with E-state index in [4.69, 9.17) is 9.47 Å². The summed E-state index contributed by atoms with van der Waals surface area (Å²) in [5, 5.41) is 2.82. The predicted molar refractivity (Wildman–Crippen MR) is 137 cm³/mol. The van der Waals surface area contributed by atoms with Crippen LogP contribution in [0.15, 0.2) is 102 Å². The molecule has 1 amide bonds. The first-order valence-corrected chi connectivity index (χ1v) is 11.4. The summed E-state index contributed by atoms with van der Waals surface area (Å²) in [6.45, 7) is 2.04. The molecule has 36 heavy (non-hydrogen) atoms. The van der Waals surface area contributed by atoms with E-state index in [1.165, 1.54) is 7.11 Å². The van der Waals surface area contributed by atoms with E-state index < -0.39 is 11.8 Å². The largest absolute Gasteiger partial charge is 0.484 e. The van der Waals surface area contributed by atoms with Crippen molar-refractivity contribution < 1.29 is 23.9 Å². The number of hydrogen-bond donors (Lipinski definition) is 1. The van der Waals surface area contributed by atoms with E-state index in [9.17, 15) is 14.4 Å². The lowest BCUT2D eigenvalue weighted by molar-refractivity contribution is -0.137. The fourth-order valence-corrected chi connectivity index (χ4v) is 3.88. The first kappa shape index (κ1) is 24.5. The second-order valence-corrected chi connectivity index (χ2v) is 8.10. The number of hydrogen-bond acceptors (Lipinski definition) is 6. The maximum absolute atomic E-state index is 13.2. The van der Waals surface area contributed by atoms with Gasteiger partial charge in [0, 0.05) is 17.9 Å². The molecule has 0 aromatic heterocycles. The van der Waals surface area contributed by atoms with Crippen LogP contribution < -0.4 is 15.0 Å². The minimum atomic E-state index is -0.670. The zero-order chi connectivity index (χ0) is 25.5. The summed E-state index contributed by atoms with van der Waals surface area (Å²) in [6, 6.07) is 26.0. The number of methoxy groups -OCH3 is 1. The van der Waals surface area contributed by atoms with Crippen molar-refractivity contribution in [3.63, 3.8) is 0 Å². The topological polar surface area (TPSA) is 84.9 Å². The number of ketones is 1. The first-order valence-electron chi connectivity index (χ1n) is 11.4. The number of nitrogens with one attached hydrogen (secondary N) is 1. The number of amides is 1. The fourth-order valence-electron chi connectivity index (χ4n) is 3.88. The lowest BCUT2D eigenvalue weighted by Crippen LogP contribution is -2.28. The molecule has 0 atom stereocenters. The van der Waals surface area contributed by atoms with Crippen molar-refractivity contribution in [3.05, 3.63) is 113 Å². The summed E-state index contributed by atoms with van der Waals surface area (Å²) in [6.07, 6.45) is 1.71. The van der Waals surface area contributed by atoms with Gasteiger partial charge in [-0.1, -0.05) is 60.7 Å². The number of esters is 1. The standard InChI is InChI=1S/C29H26N2O5/c1-20-27(29(34)35-2)28(33)25(31(20)23-11-7-4-8-12-23)17-21-13-15-24(16-14-21)36-19-26(32)30-18-22-9-5-3-6-10-22/h3-17H,18-19H2,1-2H3,(H,30,32)/b25-17-. The Kier molecular flexibility index (Phi) is 7.60. The van der Waals surface area contributed by atoms with E-state index >= 15 is 0 Å². The Bertz CT molecular complexity index is 1310. The number of carbonyl (C=O) groups is 3. The maximum atomic E-state index is 13.2. The Morgan fingerprint density at radius 3 is 2.19 bits per heavy atom. The number of Topliss-reactive ketones (excluding diaryl/α,β-unsaturated/α-hetero) is 1. The SMILES string of the molecule is COC(=O)C1=C(C)N(c2ccccc2)/C(=C\c2ccc(OCC(=O)NCc3ccccc3)cc2)C1=O. The minimum Gasteiger partial charge on any atom is -0.484 e. The molecule has 0 fully saturated rings. The van der Waals surface area contributed by atoms with Crippen LogP contribution in [0.4, 0.5) is 5.69 Å². The summed E-state index contributed by atoms with van der Waals surface area (Å²) < 4.78 is 10.4.